The average Bonchev–Trinajstić information content (AvgIpc) is 1.86. The highest BCUT2D eigenvalue weighted by Gasteiger charge is 2.28. The first-order chi connectivity index (χ1) is 4.91. The lowest BCUT2D eigenvalue weighted by atomic mass is 9.92. The van der Waals surface area contributed by atoms with Crippen molar-refractivity contribution in [3.05, 3.63) is 0 Å². The van der Waals surface area contributed by atoms with Crippen molar-refractivity contribution in [2.24, 2.45) is 10.9 Å². The van der Waals surface area contributed by atoms with Gasteiger partial charge in [-0.05, 0) is 13.8 Å². The topological polar surface area (TPSA) is 46.5 Å². The fraction of sp³-hybridized carbons (Fsp3) is 0.750. The zero-order chi connectivity index (χ0) is 9.07. The molecular formula is C8H13NO2. The molecule has 11 heavy (non-hydrogen) atoms. The Hall–Kier alpha value is -0.950. The highest BCUT2D eigenvalue weighted by atomic mass is 16.1. The third-order valence-electron chi connectivity index (χ3n) is 1.45. The van der Waals surface area contributed by atoms with Crippen LogP contribution in [0, 0.1) is 5.92 Å². The Bertz CT molecular complexity index is 200. The number of carbonyl (C=O) groups is 1. The van der Waals surface area contributed by atoms with Crippen LogP contribution in [0.5, 0.6) is 0 Å². The molecule has 0 N–H and O–H groups in total. The van der Waals surface area contributed by atoms with Gasteiger partial charge >= 0.3 is 0 Å². The Morgan fingerprint density at radius 2 is 1.91 bits per heavy atom. The van der Waals surface area contributed by atoms with Gasteiger partial charge in [-0.1, -0.05) is 13.8 Å². The number of carbonyl (C=O) groups excluding carboxylic acids is 2. The van der Waals surface area contributed by atoms with E-state index in [1.165, 1.54) is 6.08 Å². The maximum absolute atomic E-state index is 11.3. The molecule has 0 aliphatic rings. The fourth-order valence-electron chi connectivity index (χ4n) is 0.876. The van der Waals surface area contributed by atoms with Crippen LogP contribution in [0.3, 0.4) is 0 Å². The van der Waals surface area contributed by atoms with Crippen molar-refractivity contribution in [3.63, 3.8) is 0 Å². The third kappa shape index (κ3) is 2.64. The SMILES string of the molecule is CC(C)C(=O)C(C)(C)N=C=O. The summed E-state index contributed by atoms with van der Waals surface area (Å²) in [6, 6.07) is 0. The zero-order valence-electron chi connectivity index (χ0n) is 7.34. The van der Waals surface area contributed by atoms with Crippen LogP contribution in [0.1, 0.15) is 27.7 Å². The molecule has 0 aliphatic carbocycles. The highest BCUT2D eigenvalue weighted by molar-refractivity contribution is 5.89. The van der Waals surface area contributed by atoms with E-state index < -0.39 is 5.54 Å². The molecule has 0 bridgehead atoms. The molecule has 0 atom stereocenters. The first kappa shape index (κ1) is 10.0. The van der Waals surface area contributed by atoms with E-state index in [2.05, 4.69) is 4.99 Å². The van der Waals surface area contributed by atoms with Crippen LogP contribution in [-0.4, -0.2) is 17.4 Å². The van der Waals surface area contributed by atoms with Crippen molar-refractivity contribution in [3.8, 4) is 0 Å². The van der Waals surface area contributed by atoms with Crippen LogP contribution in [0.4, 0.5) is 0 Å². The predicted octanol–water partition coefficient (Wildman–Crippen LogP) is 1.33. The van der Waals surface area contributed by atoms with Gasteiger partial charge in [0.2, 0.25) is 6.08 Å². The molecule has 0 amide bonds. The van der Waals surface area contributed by atoms with E-state index in [-0.39, 0.29) is 11.7 Å². The van der Waals surface area contributed by atoms with E-state index in [4.69, 9.17) is 0 Å². The molecule has 0 fully saturated rings. The summed E-state index contributed by atoms with van der Waals surface area (Å²) < 4.78 is 0. The number of hydrogen-bond acceptors (Lipinski definition) is 3. The van der Waals surface area contributed by atoms with E-state index in [1.54, 1.807) is 27.7 Å². The number of aliphatic imine (C=N–C) groups is 1. The largest absolute Gasteiger partial charge is 0.297 e. The van der Waals surface area contributed by atoms with E-state index >= 15 is 0 Å². The van der Waals surface area contributed by atoms with Crippen LogP contribution in [0.25, 0.3) is 0 Å². The van der Waals surface area contributed by atoms with Gasteiger partial charge in [0.1, 0.15) is 5.54 Å². The van der Waals surface area contributed by atoms with Crippen molar-refractivity contribution in [1.82, 2.24) is 0 Å². The molecule has 0 heterocycles. The lowest BCUT2D eigenvalue weighted by Gasteiger charge is -2.17. The van der Waals surface area contributed by atoms with Crippen molar-refractivity contribution in [2.75, 3.05) is 0 Å². The molecule has 0 radical (unpaired) electrons. The Labute approximate surface area is 66.5 Å². The van der Waals surface area contributed by atoms with Gasteiger partial charge in [-0.15, -0.1) is 0 Å². The molecule has 0 unspecified atom stereocenters. The van der Waals surface area contributed by atoms with Gasteiger partial charge in [-0.3, -0.25) is 4.79 Å². The molecule has 0 saturated heterocycles. The molecular weight excluding hydrogens is 142 g/mol. The number of rotatable bonds is 3. The summed E-state index contributed by atoms with van der Waals surface area (Å²) >= 11 is 0. The summed E-state index contributed by atoms with van der Waals surface area (Å²) in [5.41, 5.74) is -0.907. The Kier molecular flexibility index (Phi) is 3.15. The zero-order valence-corrected chi connectivity index (χ0v) is 7.34. The van der Waals surface area contributed by atoms with Crippen LogP contribution in [-0.2, 0) is 9.59 Å². The normalized spacial score (nSPS) is 11.0. The van der Waals surface area contributed by atoms with Crippen molar-refractivity contribution in [1.29, 1.82) is 0 Å². The summed E-state index contributed by atoms with van der Waals surface area (Å²) in [4.78, 5) is 24.6. The summed E-state index contributed by atoms with van der Waals surface area (Å²) in [6.45, 7) is 6.79. The predicted molar refractivity (Wildman–Crippen MR) is 42.0 cm³/mol. The summed E-state index contributed by atoms with van der Waals surface area (Å²) in [7, 11) is 0. The average molecular weight is 155 g/mol. The highest BCUT2D eigenvalue weighted by Crippen LogP contribution is 2.14. The van der Waals surface area contributed by atoms with Crippen molar-refractivity contribution < 1.29 is 9.59 Å². The molecule has 3 nitrogen and oxygen atoms in total. The van der Waals surface area contributed by atoms with E-state index in [9.17, 15) is 9.59 Å². The molecule has 0 aromatic heterocycles. The molecule has 0 spiro atoms. The second-order valence-electron chi connectivity index (χ2n) is 3.28. The number of Topliss-reactive ketones (excluding diaryl/α,β-unsaturated/α-hetero) is 1. The van der Waals surface area contributed by atoms with Gasteiger partial charge in [0.15, 0.2) is 5.78 Å². The minimum atomic E-state index is -0.907. The molecule has 0 aliphatic heterocycles. The third-order valence-corrected chi connectivity index (χ3v) is 1.45. The monoisotopic (exact) mass is 155 g/mol. The van der Waals surface area contributed by atoms with Crippen LogP contribution in [0.15, 0.2) is 4.99 Å². The number of isocyanates is 1. The van der Waals surface area contributed by atoms with Gasteiger partial charge in [0.25, 0.3) is 0 Å². The van der Waals surface area contributed by atoms with Gasteiger partial charge in [-0.2, -0.15) is 4.99 Å². The van der Waals surface area contributed by atoms with E-state index in [1.807, 2.05) is 0 Å². The first-order valence-electron chi connectivity index (χ1n) is 3.55. The van der Waals surface area contributed by atoms with Gasteiger partial charge in [0, 0.05) is 5.92 Å². The van der Waals surface area contributed by atoms with Gasteiger partial charge in [-0.25, -0.2) is 4.79 Å². The molecule has 3 heteroatoms. The van der Waals surface area contributed by atoms with Crippen molar-refractivity contribution in [2.45, 2.75) is 33.2 Å². The molecule has 62 valence electrons. The second-order valence-corrected chi connectivity index (χ2v) is 3.28. The lowest BCUT2D eigenvalue weighted by Crippen LogP contribution is -2.32. The first-order valence-corrected chi connectivity index (χ1v) is 3.55. The molecule has 0 rings (SSSR count). The molecule has 0 aromatic rings. The standard InChI is InChI=1S/C8H13NO2/c1-6(2)7(11)8(3,4)9-5-10/h6H,1-4H3. The summed E-state index contributed by atoms with van der Waals surface area (Å²) in [6.07, 6.45) is 1.40. The van der Waals surface area contributed by atoms with Gasteiger partial charge < -0.3 is 0 Å². The smallest absolute Gasteiger partial charge is 0.235 e. The molecule has 0 aromatic carbocycles. The number of hydrogen-bond donors (Lipinski definition) is 0. The van der Waals surface area contributed by atoms with Crippen molar-refractivity contribution >= 4 is 11.9 Å². The second kappa shape index (κ2) is 3.44. The maximum atomic E-state index is 11.3. The summed E-state index contributed by atoms with van der Waals surface area (Å²) in [5.74, 6) is -0.136. The van der Waals surface area contributed by atoms with Gasteiger partial charge in [0.05, 0.1) is 0 Å². The van der Waals surface area contributed by atoms with Crippen LogP contribution < -0.4 is 0 Å². The lowest BCUT2D eigenvalue weighted by molar-refractivity contribution is -0.125. The Morgan fingerprint density at radius 3 is 2.18 bits per heavy atom. The fourth-order valence-corrected chi connectivity index (χ4v) is 0.876. The minimum absolute atomic E-state index is 0.0409. The van der Waals surface area contributed by atoms with E-state index in [0.717, 1.165) is 0 Å². The quantitative estimate of drug-likeness (QED) is 0.456. The molecule has 0 saturated carbocycles. The minimum Gasteiger partial charge on any atom is -0.297 e. The Balaban J connectivity index is 4.55. The van der Waals surface area contributed by atoms with E-state index in [0.29, 0.717) is 0 Å². The van der Waals surface area contributed by atoms with Crippen LogP contribution >= 0.6 is 0 Å². The summed E-state index contributed by atoms with van der Waals surface area (Å²) in [5, 5.41) is 0. The van der Waals surface area contributed by atoms with Crippen LogP contribution in [0.2, 0.25) is 0 Å². The number of ketones is 1. The number of nitrogens with zero attached hydrogens (tertiary/aromatic N) is 1. The maximum Gasteiger partial charge on any atom is 0.235 e. The Morgan fingerprint density at radius 1 is 1.45 bits per heavy atom.